The van der Waals surface area contributed by atoms with Crippen LogP contribution in [0.25, 0.3) is 0 Å². The van der Waals surface area contributed by atoms with Gasteiger partial charge in [-0.05, 0) is 44.7 Å². The molecular weight excluding hydrogens is 356 g/mol. The topological polar surface area (TPSA) is 82.8 Å². The summed E-state index contributed by atoms with van der Waals surface area (Å²) in [4.78, 5) is 14.5. The second kappa shape index (κ2) is 6.47. The molecule has 2 bridgehead atoms. The number of benzene rings is 1. The highest BCUT2D eigenvalue weighted by Crippen LogP contribution is 2.48. The van der Waals surface area contributed by atoms with E-state index in [9.17, 15) is 15.2 Å². The first kappa shape index (κ1) is 19.2. The van der Waals surface area contributed by atoms with Crippen LogP contribution in [0.1, 0.15) is 57.6 Å². The van der Waals surface area contributed by atoms with Crippen molar-refractivity contribution in [2.24, 2.45) is 0 Å². The maximum atomic E-state index is 12.7. The fraction of sp³-hybridized carbons (Fsp3) is 0.636. The van der Waals surface area contributed by atoms with Crippen LogP contribution in [-0.4, -0.2) is 47.0 Å². The van der Waals surface area contributed by atoms with Crippen molar-refractivity contribution < 1.29 is 19.4 Å². The van der Waals surface area contributed by atoms with Crippen LogP contribution in [0, 0.1) is 11.3 Å². The molecule has 6 nitrogen and oxygen atoms in total. The molecule has 2 atom stereocenters. The van der Waals surface area contributed by atoms with Crippen LogP contribution < -0.4 is 0 Å². The second-order valence-corrected chi connectivity index (χ2v) is 9.44. The summed E-state index contributed by atoms with van der Waals surface area (Å²) >= 11 is 0. The molecule has 4 rings (SSSR count). The Kier molecular flexibility index (Phi) is 4.44. The SMILES string of the molecule is CC(C)(C)OC(=O)N1C2COCC1CC(O)(c1ccc(C3(C#N)CC3)cc1)C2. The van der Waals surface area contributed by atoms with Gasteiger partial charge in [0.05, 0.1) is 42.4 Å². The highest BCUT2D eigenvalue weighted by Gasteiger charge is 2.50. The van der Waals surface area contributed by atoms with Gasteiger partial charge in [0, 0.05) is 12.8 Å². The first-order chi connectivity index (χ1) is 13.2. The third-order valence-electron chi connectivity index (χ3n) is 6.10. The van der Waals surface area contributed by atoms with Crippen LogP contribution in [0.2, 0.25) is 0 Å². The average Bonchev–Trinajstić information content (AvgIpc) is 3.41. The lowest BCUT2D eigenvalue weighted by Gasteiger charge is -2.51. The van der Waals surface area contributed by atoms with E-state index in [0.717, 1.165) is 24.0 Å². The molecule has 1 saturated carbocycles. The lowest BCUT2D eigenvalue weighted by atomic mass is 9.76. The first-order valence-electron chi connectivity index (χ1n) is 10.00. The van der Waals surface area contributed by atoms with Crippen LogP contribution in [-0.2, 0) is 20.5 Å². The van der Waals surface area contributed by atoms with Crippen LogP contribution in [0.15, 0.2) is 24.3 Å². The van der Waals surface area contributed by atoms with E-state index < -0.39 is 11.2 Å². The summed E-state index contributed by atoms with van der Waals surface area (Å²) in [7, 11) is 0. The van der Waals surface area contributed by atoms with Crippen LogP contribution in [0.4, 0.5) is 4.79 Å². The van der Waals surface area contributed by atoms with E-state index in [2.05, 4.69) is 6.07 Å². The minimum absolute atomic E-state index is 0.221. The molecule has 1 aromatic carbocycles. The van der Waals surface area contributed by atoms with E-state index in [1.54, 1.807) is 4.90 Å². The third-order valence-corrected chi connectivity index (χ3v) is 6.10. The molecule has 2 unspecified atom stereocenters. The standard InChI is InChI=1S/C22H28N2O4/c1-20(2,3)28-19(25)24-17-10-22(26,11-18(24)13-27-12-17)16-6-4-15(5-7-16)21(14-23)8-9-21/h4-7,17-18,26H,8-13H2,1-3H3. The van der Waals surface area contributed by atoms with Crippen molar-refractivity contribution in [1.29, 1.82) is 5.26 Å². The van der Waals surface area contributed by atoms with Gasteiger partial charge in [-0.15, -0.1) is 0 Å². The number of rotatable bonds is 2. The monoisotopic (exact) mass is 384 g/mol. The number of aliphatic hydroxyl groups is 1. The summed E-state index contributed by atoms with van der Waals surface area (Å²) in [6.45, 7) is 6.36. The van der Waals surface area contributed by atoms with E-state index in [-0.39, 0.29) is 23.6 Å². The van der Waals surface area contributed by atoms with Gasteiger partial charge in [-0.1, -0.05) is 24.3 Å². The Bertz CT molecular complexity index is 787. The maximum absolute atomic E-state index is 12.7. The van der Waals surface area contributed by atoms with Gasteiger partial charge < -0.3 is 14.6 Å². The van der Waals surface area contributed by atoms with E-state index in [1.807, 2.05) is 45.0 Å². The molecule has 3 aliphatic rings. The van der Waals surface area contributed by atoms with Gasteiger partial charge >= 0.3 is 6.09 Å². The zero-order valence-corrected chi connectivity index (χ0v) is 16.8. The largest absolute Gasteiger partial charge is 0.444 e. The number of carbonyl (C=O) groups is 1. The summed E-state index contributed by atoms with van der Waals surface area (Å²) < 4.78 is 11.2. The van der Waals surface area contributed by atoms with Gasteiger partial charge in [0.25, 0.3) is 0 Å². The second-order valence-electron chi connectivity index (χ2n) is 9.44. The number of ether oxygens (including phenoxy) is 2. The van der Waals surface area contributed by atoms with Crippen molar-refractivity contribution in [3.05, 3.63) is 35.4 Å². The third kappa shape index (κ3) is 3.38. The van der Waals surface area contributed by atoms with Crippen molar-refractivity contribution in [2.75, 3.05) is 13.2 Å². The Morgan fingerprint density at radius 1 is 1.18 bits per heavy atom. The Balaban J connectivity index is 1.54. The molecule has 6 heteroatoms. The highest BCUT2D eigenvalue weighted by atomic mass is 16.6. The smallest absolute Gasteiger partial charge is 0.410 e. The van der Waals surface area contributed by atoms with E-state index in [0.29, 0.717) is 26.1 Å². The summed E-state index contributed by atoms with van der Waals surface area (Å²) in [6.07, 6.45) is 2.28. The number of hydrogen-bond acceptors (Lipinski definition) is 5. The number of fused-ring (bicyclic) bond motifs is 2. The van der Waals surface area contributed by atoms with Crippen molar-refractivity contribution >= 4 is 6.09 Å². The molecule has 1 aromatic rings. The lowest BCUT2D eigenvalue weighted by molar-refractivity contribution is -0.141. The van der Waals surface area contributed by atoms with Crippen LogP contribution in [0.5, 0.6) is 0 Å². The molecule has 150 valence electrons. The van der Waals surface area contributed by atoms with Crippen LogP contribution >= 0.6 is 0 Å². The molecule has 2 aliphatic heterocycles. The van der Waals surface area contributed by atoms with Crippen molar-refractivity contribution in [3.63, 3.8) is 0 Å². The molecule has 1 N–H and O–H groups in total. The minimum atomic E-state index is -1.01. The minimum Gasteiger partial charge on any atom is -0.444 e. The van der Waals surface area contributed by atoms with Crippen molar-refractivity contribution in [1.82, 2.24) is 4.90 Å². The maximum Gasteiger partial charge on any atom is 0.410 e. The predicted octanol–water partition coefficient (Wildman–Crippen LogP) is 3.23. The molecule has 3 fully saturated rings. The van der Waals surface area contributed by atoms with Gasteiger partial charge in [0.1, 0.15) is 5.60 Å². The fourth-order valence-corrected chi connectivity index (χ4v) is 4.51. The Morgan fingerprint density at radius 2 is 1.71 bits per heavy atom. The Labute approximate surface area is 166 Å². The first-order valence-corrected chi connectivity index (χ1v) is 10.00. The van der Waals surface area contributed by atoms with E-state index >= 15 is 0 Å². The molecule has 2 heterocycles. The summed E-state index contributed by atoms with van der Waals surface area (Å²) in [6, 6.07) is 9.78. The fourth-order valence-electron chi connectivity index (χ4n) is 4.51. The van der Waals surface area contributed by atoms with E-state index in [4.69, 9.17) is 9.47 Å². The normalized spacial score (nSPS) is 31.0. The molecule has 28 heavy (non-hydrogen) atoms. The quantitative estimate of drug-likeness (QED) is 0.846. The number of hydrogen-bond donors (Lipinski definition) is 1. The molecule has 0 aromatic heterocycles. The lowest BCUT2D eigenvalue weighted by Crippen LogP contribution is -2.63. The zero-order chi connectivity index (χ0) is 20.2. The summed E-state index contributed by atoms with van der Waals surface area (Å²) in [5.41, 5.74) is -0.0387. The molecular formula is C22H28N2O4. The summed E-state index contributed by atoms with van der Waals surface area (Å²) in [5, 5.41) is 20.8. The molecule has 0 radical (unpaired) electrons. The van der Waals surface area contributed by atoms with Gasteiger partial charge in [0.15, 0.2) is 0 Å². The van der Waals surface area contributed by atoms with Gasteiger partial charge in [-0.2, -0.15) is 5.26 Å². The molecule has 1 aliphatic carbocycles. The zero-order valence-electron chi connectivity index (χ0n) is 16.8. The summed E-state index contributed by atoms with van der Waals surface area (Å²) in [5.74, 6) is 0. The van der Waals surface area contributed by atoms with Gasteiger partial charge in [-0.25, -0.2) is 4.79 Å². The van der Waals surface area contributed by atoms with Crippen molar-refractivity contribution in [3.8, 4) is 6.07 Å². The van der Waals surface area contributed by atoms with Gasteiger partial charge in [-0.3, -0.25) is 4.90 Å². The van der Waals surface area contributed by atoms with Crippen LogP contribution in [0.3, 0.4) is 0 Å². The number of piperidine rings is 1. The highest BCUT2D eigenvalue weighted by molar-refractivity contribution is 5.69. The number of carbonyl (C=O) groups excluding carboxylic acids is 1. The number of amides is 1. The number of nitrogens with zero attached hydrogens (tertiary/aromatic N) is 2. The van der Waals surface area contributed by atoms with E-state index in [1.165, 1.54) is 0 Å². The molecule has 1 amide bonds. The molecule has 0 spiro atoms. The number of morpholine rings is 1. The Hall–Kier alpha value is -2.10. The number of nitriles is 1. The predicted molar refractivity (Wildman–Crippen MR) is 103 cm³/mol. The average molecular weight is 384 g/mol. The Morgan fingerprint density at radius 3 is 2.18 bits per heavy atom. The van der Waals surface area contributed by atoms with Gasteiger partial charge in [0.2, 0.25) is 0 Å². The molecule has 2 saturated heterocycles. The van der Waals surface area contributed by atoms with Crippen molar-refractivity contribution in [2.45, 2.75) is 75.2 Å².